The van der Waals surface area contributed by atoms with Gasteiger partial charge in [0, 0.05) is 4.90 Å². The lowest BCUT2D eigenvalue weighted by Crippen LogP contribution is -1.99. The van der Waals surface area contributed by atoms with E-state index in [1.54, 1.807) is 12.1 Å². The second kappa shape index (κ2) is 3.61. The van der Waals surface area contributed by atoms with Crippen molar-refractivity contribution < 1.29 is 15.2 Å². The summed E-state index contributed by atoms with van der Waals surface area (Å²) in [7, 11) is 0. The lowest BCUT2D eigenvalue weighted by atomic mass is 10.2. The summed E-state index contributed by atoms with van der Waals surface area (Å²) >= 11 is 0. The van der Waals surface area contributed by atoms with Crippen LogP contribution in [-0.2, 0) is 6.42 Å². The second-order valence-corrected chi connectivity index (χ2v) is 2.36. The van der Waals surface area contributed by atoms with Crippen LogP contribution in [0.2, 0.25) is 0 Å². The summed E-state index contributed by atoms with van der Waals surface area (Å²) in [6.07, 6.45) is 1.44. The number of aromatic hydroxyl groups is 1. The molecule has 0 aliphatic heterocycles. The summed E-state index contributed by atoms with van der Waals surface area (Å²) in [5, 5.41) is 27.2. The Bertz CT molecular complexity index is 275. The molecule has 0 spiro atoms. The Hall–Kier alpha value is -1.71. The molecular weight excluding hydrogens is 158 g/mol. The molecule has 0 fully saturated rings. The number of nitrogens with zero attached hydrogens (tertiary/aromatic N) is 1. The predicted molar refractivity (Wildman–Crippen MR) is 43.3 cm³/mol. The third-order valence-corrected chi connectivity index (χ3v) is 1.42. The highest BCUT2D eigenvalue weighted by Crippen LogP contribution is 2.08. The van der Waals surface area contributed by atoms with Gasteiger partial charge in [0.2, 0.25) is 6.21 Å². The first-order valence-corrected chi connectivity index (χ1v) is 3.45. The van der Waals surface area contributed by atoms with Gasteiger partial charge in [-0.25, -0.2) is 0 Å². The van der Waals surface area contributed by atoms with E-state index in [2.05, 4.69) is 0 Å². The van der Waals surface area contributed by atoms with E-state index >= 15 is 0 Å². The van der Waals surface area contributed by atoms with Crippen molar-refractivity contribution >= 4 is 6.21 Å². The SMILES string of the molecule is [O-]/[N+](O)=C\Cc1ccc(O)cc1. The van der Waals surface area contributed by atoms with Crippen molar-refractivity contribution in [1.29, 1.82) is 0 Å². The summed E-state index contributed by atoms with van der Waals surface area (Å²) in [6.45, 7) is 0. The van der Waals surface area contributed by atoms with Gasteiger partial charge in [-0.2, -0.15) is 0 Å². The minimum Gasteiger partial charge on any atom is -0.508 e. The molecule has 1 aromatic carbocycles. The molecule has 2 N–H and O–H groups in total. The van der Waals surface area contributed by atoms with E-state index in [1.165, 1.54) is 12.1 Å². The van der Waals surface area contributed by atoms with Crippen molar-refractivity contribution in [3.8, 4) is 5.75 Å². The van der Waals surface area contributed by atoms with Crippen LogP contribution in [0.4, 0.5) is 0 Å². The molecule has 0 atom stereocenters. The Labute approximate surface area is 69.6 Å². The van der Waals surface area contributed by atoms with Crippen LogP contribution < -0.4 is 0 Å². The van der Waals surface area contributed by atoms with E-state index in [-0.39, 0.29) is 10.7 Å². The topological polar surface area (TPSA) is 66.5 Å². The molecule has 0 amide bonds. The summed E-state index contributed by atoms with van der Waals surface area (Å²) in [5.74, 6) is 0.182. The van der Waals surface area contributed by atoms with Crippen LogP contribution in [0.1, 0.15) is 5.56 Å². The van der Waals surface area contributed by atoms with Gasteiger partial charge in [-0.15, -0.1) is 0 Å². The van der Waals surface area contributed by atoms with Gasteiger partial charge in [-0.05, 0) is 17.7 Å². The molecule has 12 heavy (non-hydrogen) atoms. The normalized spacial score (nSPS) is 11.5. The minimum atomic E-state index is -0.229. The minimum absolute atomic E-state index is 0.182. The lowest BCUT2D eigenvalue weighted by Gasteiger charge is -1.94. The molecular formula is C8H9NO3. The molecule has 1 rings (SSSR count). The summed E-state index contributed by atoms with van der Waals surface area (Å²) in [6, 6.07) is 6.40. The van der Waals surface area contributed by atoms with E-state index in [4.69, 9.17) is 10.3 Å². The molecule has 0 saturated carbocycles. The summed E-state index contributed by atoms with van der Waals surface area (Å²) in [4.78, 5) is -0.229. The Kier molecular flexibility index (Phi) is 2.53. The van der Waals surface area contributed by atoms with Gasteiger partial charge in [0.25, 0.3) is 0 Å². The van der Waals surface area contributed by atoms with Gasteiger partial charge >= 0.3 is 0 Å². The average Bonchev–Trinajstić information content (AvgIpc) is 2.03. The standard InChI is InChI=1S/C8H9NO3/c10-8-3-1-7(2-4-8)5-6-9(11)12/h1-4,6,10H,5H2,(H,11,12). The fraction of sp³-hybridized carbons (Fsp3) is 0.125. The first-order valence-electron chi connectivity index (χ1n) is 3.45. The fourth-order valence-electron chi connectivity index (χ4n) is 0.816. The molecule has 1 aromatic rings. The van der Waals surface area contributed by atoms with Gasteiger partial charge in [0.1, 0.15) is 5.75 Å². The van der Waals surface area contributed by atoms with Crippen molar-refractivity contribution in [3.05, 3.63) is 35.0 Å². The highest BCUT2D eigenvalue weighted by molar-refractivity contribution is 5.56. The molecule has 0 radical (unpaired) electrons. The number of phenolic OH excluding ortho intramolecular Hbond substituents is 1. The van der Waals surface area contributed by atoms with Gasteiger partial charge < -0.3 is 10.3 Å². The molecule has 0 bridgehead atoms. The second-order valence-electron chi connectivity index (χ2n) is 2.36. The van der Waals surface area contributed by atoms with Crippen LogP contribution in [0.15, 0.2) is 24.3 Å². The van der Waals surface area contributed by atoms with Crippen LogP contribution in [0.5, 0.6) is 5.75 Å². The molecule has 0 heterocycles. The third-order valence-electron chi connectivity index (χ3n) is 1.42. The third kappa shape index (κ3) is 2.49. The zero-order valence-corrected chi connectivity index (χ0v) is 6.34. The Morgan fingerprint density at radius 2 is 1.92 bits per heavy atom. The van der Waals surface area contributed by atoms with Crippen LogP contribution >= 0.6 is 0 Å². The molecule has 64 valence electrons. The highest BCUT2D eigenvalue weighted by atomic mass is 16.8. The maximum absolute atomic E-state index is 10.1. The number of phenols is 1. The Balaban J connectivity index is 2.65. The van der Waals surface area contributed by atoms with Gasteiger partial charge in [0.15, 0.2) is 0 Å². The summed E-state index contributed by atoms with van der Waals surface area (Å²) < 4.78 is 0. The zero-order valence-electron chi connectivity index (χ0n) is 6.34. The first-order chi connectivity index (χ1) is 5.68. The van der Waals surface area contributed by atoms with Gasteiger partial charge in [-0.1, -0.05) is 12.1 Å². The molecule has 0 saturated heterocycles. The maximum Gasteiger partial charge on any atom is 0.214 e. The quantitative estimate of drug-likeness (QED) is 0.297. The molecule has 0 aromatic heterocycles. The monoisotopic (exact) mass is 167 g/mol. The molecule has 0 aliphatic carbocycles. The van der Waals surface area contributed by atoms with E-state index < -0.39 is 0 Å². The van der Waals surface area contributed by atoms with E-state index in [0.717, 1.165) is 11.8 Å². The van der Waals surface area contributed by atoms with E-state index in [1.807, 2.05) is 0 Å². The van der Waals surface area contributed by atoms with Crippen molar-refractivity contribution in [2.45, 2.75) is 6.42 Å². The number of benzene rings is 1. The van der Waals surface area contributed by atoms with Crippen LogP contribution in [0.3, 0.4) is 0 Å². The molecule has 4 heteroatoms. The zero-order chi connectivity index (χ0) is 8.97. The van der Waals surface area contributed by atoms with Crippen LogP contribution in [-0.4, -0.2) is 21.4 Å². The number of hydrogen-bond acceptors (Lipinski definition) is 3. The van der Waals surface area contributed by atoms with E-state index in [9.17, 15) is 5.21 Å². The first kappa shape index (κ1) is 8.39. The molecule has 0 unspecified atom stereocenters. The van der Waals surface area contributed by atoms with Crippen molar-refractivity contribution in [1.82, 2.24) is 0 Å². The molecule has 0 aliphatic rings. The largest absolute Gasteiger partial charge is 0.508 e. The Morgan fingerprint density at radius 3 is 2.42 bits per heavy atom. The highest BCUT2D eigenvalue weighted by Gasteiger charge is 1.93. The van der Waals surface area contributed by atoms with E-state index in [0.29, 0.717) is 6.42 Å². The predicted octanol–water partition coefficient (Wildman–Crippen LogP) is 0.905. The van der Waals surface area contributed by atoms with Crippen molar-refractivity contribution in [2.75, 3.05) is 0 Å². The number of rotatable bonds is 2. The number of hydrogen-bond donors (Lipinski definition) is 2. The Morgan fingerprint density at radius 1 is 1.33 bits per heavy atom. The van der Waals surface area contributed by atoms with Crippen LogP contribution in [0, 0.1) is 5.21 Å². The van der Waals surface area contributed by atoms with Crippen molar-refractivity contribution in [2.24, 2.45) is 0 Å². The fourth-order valence-corrected chi connectivity index (χ4v) is 0.816. The van der Waals surface area contributed by atoms with Crippen LogP contribution in [0.25, 0.3) is 0 Å². The molecule has 4 nitrogen and oxygen atoms in total. The lowest BCUT2D eigenvalue weighted by molar-refractivity contribution is -0.723. The average molecular weight is 167 g/mol. The van der Waals surface area contributed by atoms with Crippen molar-refractivity contribution in [3.63, 3.8) is 0 Å². The smallest absolute Gasteiger partial charge is 0.214 e. The van der Waals surface area contributed by atoms with Gasteiger partial charge in [-0.3, -0.25) is 5.21 Å². The maximum atomic E-state index is 10.1. The van der Waals surface area contributed by atoms with Gasteiger partial charge in [0.05, 0.1) is 6.42 Å². The summed E-state index contributed by atoms with van der Waals surface area (Å²) in [5.41, 5.74) is 0.850.